The van der Waals surface area contributed by atoms with Crippen LogP contribution in [0.15, 0.2) is 18.2 Å². The smallest absolute Gasteiger partial charge is 0.272 e. The van der Waals surface area contributed by atoms with Gasteiger partial charge in [0.15, 0.2) is 0 Å². The Hall–Kier alpha value is -1.09. The average Bonchev–Trinajstić information content (AvgIpc) is 2.38. The quantitative estimate of drug-likeness (QED) is 0.736. The highest BCUT2D eigenvalue weighted by Crippen LogP contribution is 2.13. The first-order chi connectivity index (χ1) is 8.60. The van der Waals surface area contributed by atoms with Gasteiger partial charge in [0.1, 0.15) is 10.8 Å². The number of halogens is 1. The Morgan fingerprint density at radius 3 is 2.72 bits per heavy atom. The zero-order valence-corrected chi connectivity index (χ0v) is 12.1. The maximum absolute atomic E-state index is 12.4. The van der Waals surface area contributed by atoms with Crippen molar-refractivity contribution in [2.75, 3.05) is 6.54 Å². The van der Waals surface area contributed by atoms with Gasteiger partial charge in [-0.25, -0.2) is 4.98 Å². The van der Waals surface area contributed by atoms with Crippen LogP contribution in [0.4, 0.5) is 0 Å². The lowest BCUT2D eigenvalue weighted by atomic mass is 10.1. The van der Waals surface area contributed by atoms with Crippen molar-refractivity contribution in [3.63, 3.8) is 0 Å². The lowest BCUT2D eigenvalue weighted by Crippen LogP contribution is -2.39. The van der Waals surface area contributed by atoms with Crippen LogP contribution >= 0.6 is 11.6 Å². The van der Waals surface area contributed by atoms with E-state index in [0.29, 0.717) is 10.8 Å². The first-order valence-electron chi connectivity index (χ1n) is 6.53. The van der Waals surface area contributed by atoms with E-state index in [0.717, 1.165) is 25.8 Å². The van der Waals surface area contributed by atoms with Gasteiger partial charge in [0.2, 0.25) is 0 Å². The van der Waals surface area contributed by atoms with Gasteiger partial charge >= 0.3 is 0 Å². The molecule has 0 saturated carbocycles. The Labute approximate surface area is 114 Å². The van der Waals surface area contributed by atoms with Gasteiger partial charge in [-0.3, -0.25) is 4.79 Å². The molecule has 0 aliphatic rings. The molecular formula is C14H21ClN2O. The first-order valence-corrected chi connectivity index (χ1v) is 6.91. The van der Waals surface area contributed by atoms with Crippen LogP contribution < -0.4 is 0 Å². The molecule has 18 heavy (non-hydrogen) atoms. The van der Waals surface area contributed by atoms with Crippen LogP contribution in [-0.4, -0.2) is 28.4 Å². The number of aromatic nitrogens is 1. The molecule has 3 nitrogen and oxygen atoms in total. The summed E-state index contributed by atoms with van der Waals surface area (Å²) in [5, 5.41) is 0.362. The molecule has 0 aliphatic carbocycles. The van der Waals surface area contributed by atoms with Crippen molar-refractivity contribution in [1.29, 1.82) is 0 Å². The van der Waals surface area contributed by atoms with E-state index in [4.69, 9.17) is 11.6 Å². The summed E-state index contributed by atoms with van der Waals surface area (Å²) in [5.74, 6) is -0.0275. The summed E-state index contributed by atoms with van der Waals surface area (Å²) in [6.45, 7) is 7.05. The summed E-state index contributed by atoms with van der Waals surface area (Å²) < 4.78 is 0. The molecule has 1 unspecified atom stereocenters. The number of hydrogen-bond donors (Lipinski definition) is 0. The number of amides is 1. The molecule has 1 heterocycles. The largest absolute Gasteiger partial charge is 0.335 e. The van der Waals surface area contributed by atoms with E-state index in [1.807, 2.05) is 4.90 Å². The van der Waals surface area contributed by atoms with E-state index in [-0.39, 0.29) is 11.9 Å². The van der Waals surface area contributed by atoms with Crippen molar-refractivity contribution in [3.05, 3.63) is 29.0 Å². The zero-order chi connectivity index (χ0) is 13.5. The van der Waals surface area contributed by atoms with Crippen molar-refractivity contribution < 1.29 is 4.79 Å². The predicted octanol–water partition coefficient (Wildman–Crippen LogP) is 3.78. The highest BCUT2D eigenvalue weighted by Gasteiger charge is 2.20. The minimum Gasteiger partial charge on any atom is -0.335 e. The second-order valence-corrected chi connectivity index (χ2v) is 4.84. The van der Waals surface area contributed by atoms with Gasteiger partial charge < -0.3 is 4.90 Å². The van der Waals surface area contributed by atoms with Gasteiger partial charge in [0.05, 0.1) is 0 Å². The number of pyridine rings is 1. The molecule has 1 aromatic heterocycles. The van der Waals surface area contributed by atoms with E-state index < -0.39 is 0 Å². The number of rotatable bonds is 6. The number of nitrogens with zero attached hydrogens (tertiary/aromatic N) is 2. The number of hydrogen-bond acceptors (Lipinski definition) is 2. The van der Waals surface area contributed by atoms with Crippen molar-refractivity contribution in [3.8, 4) is 0 Å². The molecule has 0 N–H and O–H groups in total. The fourth-order valence-corrected chi connectivity index (χ4v) is 1.91. The minimum absolute atomic E-state index is 0.0275. The molecule has 0 saturated heterocycles. The Morgan fingerprint density at radius 1 is 1.44 bits per heavy atom. The standard InChI is InChI=1S/C14H21ClN2O/c1-4-6-10-17(11(3)5-2)14(18)12-8-7-9-13(15)16-12/h7-9,11H,4-6,10H2,1-3H3. The van der Waals surface area contributed by atoms with Gasteiger partial charge in [-0.05, 0) is 31.9 Å². The molecule has 0 aromatic carbocycles. The molecule has 100 valence electrons. The van der Waals surface area contributed by atoms with E-state index in [2.05, 4.69) is 25.8 Å². The van der Waals surface area contributed by atoms with Gasteiger partial charge in [-0.1, -0.05) is 37.9 Å². The Bertz CT molecular complexity index is 395. The fourth-order valence-electron chi connectivity index (χ4n) is 1.75. The van der Waals surface area contributed by atoms with Gasteiger partial charge in [-0.15, -0.1) is 0 Å². The molecular weight excluding hydrogens is 248 g/mol. The van der Waals surface area contributed by atoms with Crippen LogP contribution in [0.2, 0.25) is 5.15 Å². The van der Waals surface area contributed by atoms with Crippen molar-refractivity contribution in [2.45, 2.75) is 46.1 Å². The molecule has 0 aliphatic heterocycles. The summed E-state index contributed by atoms with van der Waals surface area (Å²) in [7, 11) is 0. The lowest BCUT2D eigenvalue weighted by Gasteiger charge is -2.28. The molecule has 0 radical (unpaired) electrons. The van der Waals surface area contributed by atoms with Crippen LogP contribution in [0.25, 0.3) is 0 Å². The SMILES string of the molecule is CCCCN(C(=O)c1cccc(Cl)n1)C(C)CC. The summed E-state index contributed by atoms with van der Waals surface area (Å²) in [6, 6.07) is 5.38. The van der Waals surface area contributed by atoms with E-state index in [9.17, 15) is 4.79 Å². The summed E-state index contributed by atoms with van der Waals surface area (Å²) in [5.41, 5.74) is 0.430. The van der Waals surface area contributed by atoms with Gasteiger partial charge in [0.25, 0.3) is 5.91 Å². The lowest BCUT2D eigenvalue weighted by molar-refractivity contribution is 0.0679. The van der Waals surface area contributed by atoms with E-state index in [1.165, 1.54) is 0 Å². The number of carbonyl (C=O) groups is 1. The molecule has 1 aromatic rings. The highest BCUT2D eigenvalue weighted by atomic mass is 35.5. The fraction of sp³-hybridized carbons (Fsp3) is 0.571. The molecule has 0 spiro atoms. The van der Waals surface area contributed by atoms with Crippen LogP contribution in [0, 0.1) is 0 Å². The maximum Gasteiger partial charge on any atom is 0.272 e. The third-order valence-electron chi connectivity index (χ3n) is 3.07. The van der Waals surface area contributed by atoms with Crippen LogP contribution in [0.1, 0.15) is 50.5 Å². The number of carbonyl (C=O) groups excluding carboxylic acids is 1. The second kappa shape index (κ2) is 7.37. The molecule has 0 fully saturated rings. The molecule has 4 heteroatoms. The molecule has 0 bridgehead atoms. The first kappa shape index (κ1) is 15.0. The van der Waals surface area contributed by atoms with E-state index in [1.54, 1.807) is 18.2 Å². The van der Waals surface area contributed by atoms with E-state index >= 15 is 0 Å². The maximum atomic E-state index is 12.4. The van der Waals surface area contributed by atoms with Crippen molar-refractivity contribution in [1.82, 2.24) is 9.88 Å². The molecule has 1 atom stereocenters. The normalized spacial score (nSPS) is 12.2. The predicted molar refractivity (Wildman–Crippen MR) is 74.9 cm³/mol. The summed E-state index contributed by atoms with van der Waals surface area (Å²) >= 11 is 5.83. The Balaban J connectivity index is 2.87. The minimum atomic E-state index is -0.0275. The topological polar surface area (TPSA) is 33.2 Å². The zero-order valence-electron chi connectivity index (χ0n) is 11.3. The number of unbranched alkanes of at least 4 members (excludes halogenated alkanes) is 1. The van der Waals surface area contributed by atoms with Crippen molar-refractivity contribution in [2.24, 2.45) is 0 Å². The summed E-state index contributed by atoms with van der Waals surface area (Å²) in [4.78, 5) is 18.4. The highest BCUT2D eigenvalue weighted by molar-refractivity contribution is 6.29. The monoisotopic (exact) mass is 268 g/mol. The Morgan fingerprint density at radius 2 is 2.17 bits per heavy atom. The molecule has 1 rings (SSSR count). The molecule has 1 amide bonds. The summed E-state index contributed by atoms with van der Waals surface area (Å²) in [6.07, 6.45) is 3.02. The van der Waals surface area contributed by atoms with Gasteiger partial charge in [0, 0.05) is 12.6 Å². The van der Waals surface area contributed by atoms with Crippen LogP contribution in [0.3, 0.4) is 0 Å². The average molecular weight is 269 g/mol. The Kier molecular flexibility index (Phi) is 6.13. The van der Waals surface area contributed by atoms with Crippen LogP contribution in [0.5, 0.6) is 0 Å². The second-order valence-electron chi connectivity index (χ2n) is 4.45. The van der Waals surface area contributed by atoms with Crippen molar-refractivity contribution >= 4 is 17.5 Å². The third-order valence-corrected chi connectivity index (χ3v) is 3.28. The van der Waals surface area contributed by atoms with Gasteiger partial charge in [-0.2, -0.15) is 0 Å². The third kappa shape index (κ3) is 3.98. The van der Waals surface area contributed by atoms with Crippen LogP contribution in [-0.2, 0) is 0 Å².